The second kappa shape index (κ2) is 7.61. The van der Waals surface area contributed by atoms with E-state index >= 15 is 0 Å². The average molecular weight is 281 g/mol. The van der Waals surface area contributed by atoms with E-state index in [-0.39, 0.29) is 13.2 Å². The number of ether oxygens (including phenoxy) is 2. The van der Waals surface area contributed by atoms with Gasteiger partial charge in [0, 0.05) is 5.69 Å². The molecule has 0 aromatic heterocycles. The van der Waals surface area contributed by atoms with E-state index in [0.717, 1.165) is 5.56 Å². The van der Waals surface area contributed by atoms with Gasteiger partial charge < -0.3 is 9.47 Å². The molecular weight excluding hydrogens is 266 g/mol. The van der Waals surface area contributed by atoms with Gasteiger partial charge in [0.25, 0.3) is 0 Å². The van der Waals surface area contributed by atoms with E-state index in [2.05, 4.69) is 11.2 Å². The summed E-state index contributed by atoms with van der Waals surface area (Å²) in [5.74, 6) is 3.03. The van der Waals surface area contributed by atoms with Crippen LogP contribution in [0.2, 0.25) is 0 Å². The monoisotopic (exact) mass is 281 g/mol. The summed E-state index contributed by atoms with van der Waals surface area (Å²) < 4.78 is 10.4. The highest BCUT2D eigenvalue weighted by Crippen LogP contribution is 2.15. The van der Waals surface area contributed by atoms with Crippen LogP contribution in [0.4, 0.5) is 10.5 Å². The number of hydrogen-bond donors (Lipinski definition) is 1. The highest BCUT2D eigenvalue weighted by Gasteiger charge is 2.03. The Morgan fingerprint density at radius 1 is 1.10 bits per heavy atom. The molecule has 0 aliphatic heterocycles. The molecule has 0 bridgehead atoms. The number of benzene rings is 2. The van der Waals surface area contributed by atoms with Gasteiger partial charge in [-0.3, -0.25) is 5.32 Å². The van der Waals surface area contributed by atoms with Crippen molar-refractivity contribution in [2.45, 2.75) is 6.61 Å². The summed E-state index contributed by atoms with van der Waals surface area (Å²) in [4.78, 5) is 11.7. The normalized spacial score (nSPS) is 9.48. The summed E-state index contributed by atoms with van der Waals surface area (Å²) in [6, 6.07) is 16.4. The lowest BCUT2D eigenvalue weighted by Gasteiger charge is -2.08. The van der Waals surface area contributed by atoms with Crippen molar-refractivity contribution in [2.24, 2.45) is 0 Å². The van der Waals surface area contributed by atoms with Gasteiger partial charge in [0.2, 0.25) is 0 Å². The van der Waals surface area contributed by atoms with Crippen LogP contribution in [0.5, 0.6) is 5.75 Å². The second-order valence-corrected chi connectivity index (χ2v) is 4.20. The zero-order chi connectivity index (χ0) is 14.9. The van der Waals surface area contributed by atoms with E-state index in [9.17, 15) is 4.79 Å². The lowest BCUT2D eigenvalue weighted by atomic mass is 10.2. The van der Waals surface area contributed by atoms with Gasteiger partial charge in [0.15, 0.2) is 0 Å². The minimum atomic E-state index is -0.504. The number of nitrogens with one attached hydrogen (secondary N) is 1. The fourth-order valence-corrected chi connectivity index (χ4v) is 1.64. The van der Waals surface area contributed by atoms with Gasteiger partial charge in [-0.15, -0.1) is 6.42 Å². The Bertz CT molecular complexity index is 615. The lowest BCUT2D eigenvalue weighted by Crippen LogP contribution is -2.13. The molecule has 0 unspecified atom stereocenters. The molecule has 4 nitrogen and oxygen atoms in total. The number of hydrogen-bond acceptors (Lipinski definition) is 3. The van der Waals surface area contributed by atoms with Gasteiger partial charge in [-0.25, -0.2) is 4.79 Å². The van der Waals surface area contributed by atoms with Gasteiger partial charge in [-0.2, -0.15) is 0 Å². The van der Waals surface area contributed by atoms with Crippen LogP contribution in [-0.2, 0) is 11.3 Å². The summed E-state index contributed by atoms with van der Waals surface area (Å²) in [6.45, 7) is 0.446. The number of anilines is 1. The Kier molecular flexibility index (Phi) is 5.25. The standard InChI is InChI=1S/C17H15NO3/c1-2-12-20-16-10-8-15(9-11-16)18-17(19)21-13-14-6-4-3-5-7-14/h1,3-11H,12-13H2,(H,18,19). The van der Waals surface area contributed by atoms with Crippen molar-refractivity contribution in [2.75, 3.05) is 11.9 Å². The molecule has 1 amide bonds. The number of terminal acetylenes is 1. The summed E-state index contributed by atoms with van der Waals surface area (Å²) in [5, 5.41) is 2.64. The molecule has 0 atom stereocenters. The third-order valence-electron chi connectivity index (χ3n) is 2.64. The zero-order valence-corrected chi connectivity index (χ0v) is 11.4. The Morgan fingerprint density at radius 3 is 2.48 bits per heavy atom. The topological polar surface area (TPSA) is 47.6 Å². The van der Waals surface area contributed by atoms with E-state index in [1.807, 2.05) is 30.3 Å². The third-order valence-corrected chi connectivity index (χ3v) is 2.64. The maximum atomic E-state index is 11.7. The van der Waals surface area contributed by atoms with Crippen LogP contribution in [0.1, 0.15) is 5.56 Å². The molecule has 2 rings (SSSR count). The molecule has 0 saturated carbocycles. The van der Waals surface area contributed by atoms with Gasteiger partial charge in [0.1, 0.15) is 19.0 Å². The second-order valence-electron chi connectivity index (χ2n) is 4.20. The lowest BCUT2D eigenvalue weighted by molar-refractivity contribution is 0.155. The van der Waals surface area contributed by atoms with Crippen molar-refractivity contribution < 1.29 is 14.3 Å². The molecule has 0 fully saturated rings. The molecule has 0 spiro atoms. The third kappa shape index (κ3) is 4.92. The first-order chi connectivity index (χ1) is 10.3. The van der Waals surface area contributed by atoms with E-state index in [0.29, 0.717) is 11.4 Å². The fraction of sp³-hybridized carbons (Fsp3) is 0.118. The molecule has 106 valence electrons. The quantitative estimate of drug-likeness (QED) is 0.854. The zero-order valence-electron chi connectivity index (χ0n) is 11.4. The van der Waals surface area contributed by atoms with Crippen molar-refractivity contribution in [1.29, 1.82) is 0 Å². The smallest absolute Gasteiger partial charge is 0.411 e. The van der Waals surface area contributed by atoms with Crippen LogP contribution in [0, 0.1) is 12.3 Å². The number of carbonyl (C=O) groups is 1. The molecule has 0 saturated heterocycles. The Balaban J connectivity index is 1.81. The molecule has 0 aliphatic rings. The van der Waals surface area contributed by atoms with Crippen LogP contribution in [-0.4, -0.2) is 12.7 Å². The Morgan fingerprint density at radius 2 is 1.81 bits per heavy atom. The Hall–Kier alpha value is -2.93. The van der Waals surface area contributed by atoms with Gasteiger partial charge in [-0.1, -0.05) is 36.3 Å². The van der Waals surface area contributed by atoms with Crippen LogP contribution < -0.4 is 10.1 Å². The van der Waals surface area contributed by atoms with Crippen molar-refractivity contribution in [3.05, 3.63) is 60.2 Å². The minimum absolute atomic E-state index is 0.214. The highest BCUT2D eigenvalue weighted by atomic mass is 16.5. The first-order valence-corrected chi connectivity index (χ1v) is 6.42. The molecule has 4 heteroatoms. The van der Waals surface area contributed by atoms with Crippen molar-refractivity contribution in [3.8, 4) is 18.1 Å². The molecule has 2 aromatic carbocycles. The summed E-state index contributed by atoms with van der Waals surface area (Å²) in [7, 11) is 0. The van der Waals surface area contributed by atoms with Crippen LogP contribution in [0.3, 0.4) is 0 Å². The van der Waals surface area contributed by atoms with Gasteiger partial charge in [-0.05, 0) is 29.8 Å². The number of rotatable bonds is 5. The first-order valence-electron chi connectivity index (χ1n) is 6.42. The van der Waals surface area contributed by atoms with Gasteiger partial charge in [0.05, 0.1) is 0 Å². The van der Waals surface area contributed by atoms with Crippen LogP contribution >= 0.6 is 0 Å². The number of amides is 1. The molecule has 0 radical (unpaired) electrons. The maximum Gasteiger partial charge on any atom is 0.411 e. The van der Waals surface area contributed by atoms with Crippen molar-refractivity contribution >= 4 is 11.8 Å². The van der Waals surface area contributed by atoms with E-state index < -0.39 is 6.09 Å². The Labute approximate surface area is 123 Å². The van der Waals surface area contributed by atoms with Gasteiger partial charge >= 0.3 is 6.09 Å². The fourth-order valence-electron chi connectivity index (χ4n) is 1.64. The summed E-state index contributed by atoms with van der Waals surface area (Å²) in [6.07, 6.45) is 4.60. The minimum Gasteiger partial charge on any atom is -0.481 e. The summed E-state index contributed by atoms with van der Waals surface area (Å²) in [5.41, 5.74) is 1.56. The SMILES string of the molecule is C#CCOc1ccc(NC(=O)OCc2ccccc2)cc1. The molecule has 0 aliphatic carbocycles. The van der Waals surface area contributed by atoms with E-state index in [4.69, 9.17) is 15.9 Å². The largest absolute Gasteiger partial charge is 0.481 e. The van der Waals surface area contributed by atoms with E-state index in [1.165, 1.54) is 0 Å². The molecule has 2 aromatic rings. The predicted octanol–water partition coefficient (Wildman–Crippen LogP) is 3.45. The summed E-state index contributed by atoms with van der Waals surface area (Å²) >= 11 is 0. The van der Waals surface area contributed by atoms with Crippen molar-refractivity contribution in [3.63, 3.8) is 0 Å². The predicted molar refractivity (Wildman–Crippen MR) is 81.0 cm³/mol. The number of carbonyl (C=O) groups excluding carboxylic acids is 1. The molecular formula is C17H15NO3. The van der Waals surface area contributed by atoms with Crippen molar-refractivity contribution in [1.82, 2.24) is 0 Å². The van der Waals surface area contributed by atoms with Crippen LogP contribution in [0.25, 0.3) is 0 Å². The van der Waals surface area contributed by atoms with Crippen LogP contribution in [0.15, 0.2) is 54.6 Å². The van der Waals surface area contributed by atoms with E-state index in [1.54, 1.807) is 24.3 Å². The molecule has 0 heterocycles. The maximum absolute atomic E-state index is 11.7. The first kappa shape index (κ1) is 14.5. The molecule has 1 N–H and O–H groups in total. The highest BCUT2D eigenvalue weighted by molar-refractivity contribution is 5.84. The average Bonchev–Trinajstić information content (AvgIpc) is 2.53. The molecule has 21 heavy (non-hydrogen) atoms.